The number of amides is 2. The molecular formula is C18H18N2O2. The molecule has 0 spiro atoms. The highest BCUT2D eigenvalue weighted by atomic mass is 16.2. The van der Waals surface area contributed by atoms with Gasteiger partial charge in [-0.25, -0.2) is 0 Å². The first-order valence-corrected chi connectivity index (χ1v) is 7.46. The minimum Gasteiger partial charge on any atom is -0.340 e. The van der Waals surface area contributed by atoms with Gasteiger partial charge in [-0.3, -0.25) is 9.59 Å². The molecule has 2 aromatic carbocycles. The van der Waals surface area contributed by atoms with Crippen molar-refractivity contribution < 1.29 is 9.59 Å². The Kier molecular flexibility index (Phi) is 3.92. The number of hydrogen-bond acceptors (Lipinski definition) is 2. The Morgan fingerprint density at radius 2 is 1.82 bits per heavy atom. The summed E-state index contributed by atoms with van der Waals surface area (Å²) in [5.74, 6) is -0.249. The second-order valence-electron chi connectivity index (χ2n) is 5.31. The molecule has 3 rings (SSSR count). The summed E-state index contributed by atoms with van der Waals surface area (Å²) in [5, 5.41) is 2.83. The molecule has 0 bridgehead atoms. The standard InChI is InChI=1S/C18H18N2O2/c1-2-20(14-9-4-3-5-10-14)18(22)16-12-13-8-6-7-11-15(13)17(21)19-16/h3-11,16H,2,12H2,1H3,(H,19,21). The van der Waals surface area contributed by atoms with Gasteiger partial charge in [-0.2, -0.15) is 0 Å². The van der Waals surface area contributed by atoms with Crippen LogP contribution in [-0.4, -0.2) is 24.4 Å². The van der Waals surface area contributed by atoms with Crippen molar-refractivity contribution in [2.75, 3.05) is 11.4 Å². The van der Waals surface area contributed by atoms with Crippen molar-refractivity contribution in [1.29, 1.82) is 0 Å². The number of benzene rings is 2. The van der Waals surface area contributed by atoms with Crippen LogP contribution in [0.15, 0.2) is 54.6 Å². The summed E-state index contributed by atoms with van der Waals surface area (Å²) < 4.78 is 0. The number of hydrogen-bond donors (Lipinski definition) is 1. The molecule has 112 valence electrons. The van der Waals surface area contributed by atoms with Crippen LogP contribution in [0.5, 0.6) is 0 Å². The average Bonchev–Trinajstić information content (AvgIpc) is 2.56. The van der Waals surface area contributed by atoms with Crippen LogP contribution >= 0.6 is 0 Å². The van der Waals surface area contributed by atoms with Crippen LogP contribution in [0.1, 0.15) is 22.8 Å². The van der Waals surface area contributed by atoms with E-state index in [0.29, 0.717) is 18.5 Å². The normalized spacial score (nSPS) is 16.6. The Hall–Kier alpha value is -2.62. The molecule has 4 nitrogen and oxygen atoms in total. The van der Waals surface area contributed by atoms with Gasteiger partial charge in [0, 0.05) is 24.2 Å². The van der Waals surface area contributed by atoms with E-state index in [4.69, 9.17) is 0 Å². The summed E-state index contributed by atoms with van der Waals surface area (Å²) in [5.41, 5.74) is 2.44. The maximum absolute atomic E-state index is 12.8. The molecule has 0 aromatic heterocycles. The third-order valence-electron chi connectivity index (χ3n) is 3.94. The van der Waals surface area contributed by atoms with Crippen LogP contribution in [0.3, 0.4) is 0 Å². The van der Waals surface area contributed by atoms with Crippen LogP contribution in [0, 0.1) is 0 Å². The third-order valence-corrected chi connectivity index (χ3v) is 3.94. The number of rotatable bonds is 3. The zero-order valence-electron chi connectivity index (χ0n) is 12.5. The minimum absolute atomic E-state index is 0.0726. The van der Waals surface area contributed by atoms with E-state index in [2.05, 4.69) is 5.32 Å². The number of anilines is 1. The number of carbonyl (C=O) groups is 2. The Morgan fingerprint density at radius 3 is 2.55 bits per heavy atom. The van der Waals surface area contributed by atoms with E-state index in [1.165, 1.54) is 0 Å². The molecular weight excluding hydrogens is 276 g/mol. The zero-order chi connectivity index (χ0) is 15.5. The Bertz CT molecular complexity index is 697. The van der Waals surface area contributed by atoms with Crippen molar-refractivity contribution in [2.45, 2.75) is 19.4 Å². The lowest BCUT2D eigenvalue weighted by molar-refractivity contribution is -0.120. The van der Waals surface area contributed by atoms with Gasteiger partial charge in [0.25, 0.3) is 5.91 Å². The van der Waals surface area contributed by atoms with Crippen LogP contribution in [0.25, 0.3) is 0 Å². The van der Waals surface area contributed by atoms with Crippen molar-refractivity contribution in [1.82, 2.24) is 5.32 Å². The fraction of sp³-hybridized carbons (Fsp3) is 0.222. The number of carbonyl (C=O) groups excluding carboxylic acids is 2. The minimum atomic E-state index is -0.512. The molecule has 0 aliphatic carbocycles. The van der Waals surface area contributed by atoms with E-state index < -0.39 is 6.04 Å². The van der Waals surface area contributed by atoms with Crippen molar-refractivity contribution in [3.8, 4) is 0 Å². The highest BCUT2D eigenvalue weighted by molar-refractivity contribution is 6.04. The summed E-state index contributed by atoms with van der Waals surface area (Å²) in [4.78, 5) is 26.7. The van der Waals surface area contributed by atoms with E-state index in [1.54, 1.807) is 11.0 Å². The van der Waals surface area contributed by atoms with Gasteiger partial charge in [0.1, 0.15) is 6.04 Å². The SMILES string of the molecule is CCN(C(=O)C1Cc2ccccc2C(=O)N1)c1ccccc1. The number of fused-ring (bicyclic) bond motifs is 1. The molecule has 1 aliphatic rings. The van der Waals surface area contributed by atoms with Gasteiger partial charge in [-0.05, 0) is 30.7 Å². The van der Waals surface area contributed by atoms with Crippen LogP contribution in [0.4, 0.5) is 5.69 Å². The van der Waals surface area contributed by atoms with Gasteiger partial charge in [0.15, 0.2) is 0 Å². The third kappa shape index (κ3) is 2.60. The van der Waals surface area contributed by atoms with E-state index in [0.717, 1.165) is 11.3 Å². The summed E-state index contributed by atoms with van der Waals surface area (Å²) in [6.45, 7) is 2.50. The average molecular weight is 294 g/mol. The van der Waals surface area contributed by atoms with E-state index in [-0.39, 0.29) is 11.8 Å². The lowest BCUT2D eigenvalue weighted by Crippen LogP contribution is -2.52. The number of nitrogens with one attached hydrogen (secondary N) is 1. The summed E-state index contributed by atoms with van der Waals surface area (Å²) in [7, 11) is 0. The molecule has 0 saturated carbocycles. The van der Waals surface area contributed by atoms with Crippen LogP contribution in [0.2, 0.25) is 0 Å². The number of nitrogens with zero attached hydrogens (tertiary/aromatic N) is 1. The monoisotopic (exact) mass is 294 g/mol. The molecule has 1 heterocycles. The van der Waals surface area contributed by atoms with Crippen LogP contribution < -0.4 is 10.2 Å². The topological polar surface area (TPSA) is 49.4 Å². The number of likely N-dealkylation sites (N-methyl/N-ethyl adjacent to an activating group) is 1. The molecule has 22 heavy (non-hydrogen) atoms. The molecule has 0 fully saturated rings. The van der Waals surface area contributed by atoms with Gasteiger partial charge >= 0.3 is 0 Å². The predicted octanol–water partition coefficient (Wildman–Crippen LogP) is 2.39. The Morgan fingerprint density at radius 1 is 1.14 bits per heavy atom. The molecule has 1 N–H and O–H groups in total. The summed E-state index contributed by atoms with van der Waals surface area (Å²) in [6.07, 6.45) is 0.532. The quantitative estimate of drug-likeness (QED) is 0.945. The Labute approximate surface area is 129 Å². The first-order chi connectivity index (χ1) is 10.7. The largest absolute Gasteiger partial charge is 0.340 e. The second kappa shape index (κ2) is 6.02. The van der Waals surface area contributed by atoms with Crippen molar-refractivity contribution in [3.63, 3.8) is 0 Å². The lowest BCUT2D eigenvalue weighted by Gasteiger charge is -2.30. The predicted molar refractivity (Wildman–Crippen MR) is 85.9 cm³/mol. The highest BCUT2D eigenvalue weighted by Gasteiger charge is 2.31. The first-order valence-electron chi connectivity index (χ1n) is 7.46. The van der Waals surface area contributed by atoms with E-state index >= 15 is 0 Å². The summed E-state index contributed by atoms with van der Waals surface area (Å²) in [6, 6.07) is 16.5. The van der Waals surface area contributed by atoms with E-state index in [9.17, 15) is 9.59 Å². The van der Waals surface area contributed by atoms with Crippen molar-refractivity contribution >= 4 is 17.5 Å². The molecule has 0 radical (unpaired) electrons. The Balaban J connectivity index is 1.85. The fourth-order valence-electron chi connectivity index (χ4n) is 2.84. The first kappa shape index (κ1) is 14.3. The van der Waals surface area contributed by atoms with Crippen molar-refractivity contribution in [3.05, 3.63) is 65.7 Å². The van der Waals surface area contributed by atoms with Gasteiger partial charge in [0.2, 0.25) is 5.91 Å². The maximum atomic E-state index is 12.8. The van der Waals surface area contributed by atoms with E-state index in [1.807, 2.05) is 55.5 Å². The molecule has 2 aromatic rings. The zero-order valence-corrected chi connectivity index (χ0v) is 12.5. The van der Waals surface area contributed by atoms with Gasteiger partial charge < -0.3 is 10.2 Å². The molecule has 4 heteroatoms. The molecule has 1 aliphatic heterocycles. The molecule has 2 amide bonds. The smallest absolute Gasteiger partial charge is 0.252 e. The van der Waals surface area contributed by atoms with Gasteiger partial charge in [-0.1, -0.05) is 36.4 Å². The van der Waals surface area contributed by atoms with Gasteiger partial charge in [0.05, 0.1) is 0 Å². The maximum Gasteiger partial charge on any atom is 0.252 e. The molecule has 1 atom stereocenters. The van der Waals surface area contributed by atoms with Crippen LogP contribution in [-0.2, 0) is 11.2 Å². The molecule has 1 unspecified atom stereocenters. The lowest BCUT2D eigenvalue weighted by atomic mass is 9.94. The highest BCUT2D eigenvalue weighted by Crippen LogP contribution is 2.20. The second-order valence-corrected chi connectivity index (χ2v) is 5.31. The molecule has 0 saturated heterocycles. The summed E-state index contributed by atoms with van der Waals surface area (Å²) >= 11 is 0. The van der Waals surface area contributed by atoms with Gasteiger partial charge in [-0.15, -0.1) is 0 Å². The fourth-order valence-corrected chi connectivity index (χ4v) is 2.84. The number of para-hydroxylation sites is 1. The van der Waals surface area contributed by atoms with Crippen molar-refractivity contribution in [2.24, 2.45) is 0 Å².